The Morgan fingerprint density at radius 2 is 1.10 bits per heavy atom. The summed E-state index contributed by atoms with van der Waals surface area (Å²) in [5.74, 6) is 0. The van der Waals surface area contributed by atoms with Crippen molar-refractivity contribution in [1.29, 1.82) is 0 Å². The fraction of sp³-hybridized carbons (Fsp3) is 0.0612. The van der Waals surface area contributed by atoms with Crippen molar-refractivity contribution in [2.75, 3.05) is 0 Å². The van der Waals surface area contributed by atoms with Gasteiger partial charge in [-0.1, -0.05) is 146 Å². The predicted molar refractivity (Wildman–Crippen MR) is 221 cm³/mol. The van der Waals surface area contributed by atoms with Crippen LogP contribution in [0, 0.1) is 0 Å². The molecule has 0 N–H and O–H groups in total. The first kappa shape index (κ1) is 29.7. The minimum Gasteiger partial charge on any atom is -0.309 e. The van der Waals surface area contributed by atoms with Gasteiger partial charge in [-0.05, 0) is 64.7 Å². The van der Waals surface area contributed by atoms with E-state index >= 15 is 0 Å². The number of rotatable bonds is 4. The Balaban J connectivity index is 1.13. The summed E-state index contributed by atoms with van der Waals surface area (Å²) in [7, 11) is 0. The van der Waals surface area contributed by atoms with Gasteiger partial charge in [0.1, 0.15) is 0 Å². The molecule has 0 saturated heterocycles. The van der Waals surface area contributed by atoms with Gasteiger partial charge in [0.05, 0.1) is 27.8 Å². The van der Waals surface area contributed by atoms with Crippen molar-refractivity contribution in [3.63, 3.8) is 0 Å². The molecule has 52 heavy (non-hydrogen) atoms. The molecule has 0 bridgehead atoms. The van der Waals surface area contributed by atoms with E-state index in [2.05, 4.69) is 198 Å². The number of hydrogen-bond acceptors (Lipinski definition) is 1. The fourth-order valence-electron chi connectivity index (χ4n) is 8.86. The number of para-hydroxylation sites is 4. The van der Waals surface area contributed by atoms with Gasteiger partial charge >= 0.3 is 0 Å². The largest absolute Gasteiger partial charge is 0.309 e. The van der Waals surface area contributed by atoms with Crippen molar-refractivity contribution in [3.8, 4) is 33.6 Å². The van der Waals surface area contributed by atoms with E-state index < -0.39 is 0 Å². The second kappa shape index (κ2) is 11.2. The fourth-order valence-corrected chi connectivity index (χ4v) is 10.5. The van der Waals surface area contributed by atoms with E-state index in [0.29, 0.717) is 5.25 Å². The number of thioether (sulfide) groups is 1. The maximum Gasteiger partial charge on any atom is 0.0547 e. The van der Waals surface area contributed by atoms with Crippen molar-refractivity contribution in [1.82, 2.24) is 9.13 Å². The summed E-state index contributed by atoms with van der Waals surface area (Å²) in [5.41, 5.74) is 13.6. The Morgan fingerprint density at radius 1 is 0.500 bits per heavy atom. The van der Waals surface area contributed by atoms with Gasteiger partial charge in [0.25, 0.3) is 0 Å². The van der Waals surface area contributed by atoms with Crippen LogP contribution in [0.5, 0.6) is 0 Å². The predicted octanol–water partition coefficient (Wildman–Crippen LogP) is 13.1. The number of nitrogens with zero attached hydrogens (tertiary/aromatic N) is 2. The zero-order valence-corrected chi connectivity index (χ0v) is 29.5. The molecule has 0 spiro atoms. The highest BCUT2D eigenvalue weighted by atomic mass is 32.2. The molecule has 0 saturated carbocycles. The molecule has 3 heterocycles. The molecule has 11 rings (SSSR count). The maximum absolute atomic E-state index is 2.50. The van der Waals surface area contributed by atoms with Gasteiger partial charge < -0.3 is 9.13 Å². The smallest absolute Gasteiger partial charge is 0.0547 e. The molecule has 3 heteroatoms. The van der Waals surface area contributed by atoms with Crippen LogP contribution in [0.15, 0.2) is 187 Å². The monoisotopic (exact) mass is 682 g/mol. The quantitative estimate of drug-likeness (QED) is 0.180. The molecule has 2 atom stereocenters. The zero-order chi connectivity index (χ0) is 34.4. The molecule has 0 amide bonds. The highest BCUT2D eigenvalue weighted by molar-refractivity contribution is 8.00. The van der Waals surface area contributed by atoms with E-state index in [4.69, 9.17) is 0 Å². The molecule has 246 valence electrons. The summed E-state index contributed by atoms with van der Waals surface area (Å²) < 4.78 is 4.90. The zero-order valence-electron chi connectivity index (χ0n) is 28.7. The molecule has 2 nitrogen and oxygen atoms in total. The van der Waals surface area contributed by atoms with Crippen LogP contribution in [0.2, 0.25) is 0 Å². The van der Waals surface area contributed by atoms with Crippen LogP contribution < -0.4 is 0 Å². The highest BCUT2D eigenvalue weighted by Gasteiger charge is 2.42. The van der Waals surface area contributed by atoms with Gasteiger partial charge in [0, 0.05) is 48.4 Å². The molecule has 7 aromatic carbocycles. The van der Waals surface area contributed by atoms with E-state index in [1.165, 1.54) is 87.7 Å². The number of aromatic nitrogens is 2. The molecule has 2 unspecified atom stereocenters. The minimum absolute atomic E-state index is 0.00519. The summed E-state index contributed by atoms with van der Waals surface area (Å²) >= 11 is 2.01. The number of allylic oxidation sites excluding steroid dienone is 3. The summed E-state index contributed by atoms with van der Waals surface area (Å²) in [4.78, 5) is 1.39. The van der Waals surface area contributed by atoms with Crippen LogP contribution >= 0.6 is 11.8 Å². The molecular weight excluding hydrogens is 649 g/mol. The van der Waals surface area contributed by atoms with Crippen LogP contribution in [0.1, 0.15) is 12.5 Å². The molecule has 0 fully saturated rings. The van der Waals surface area contributed by atoms with Crippen LogP contribution in [-0.2, 0) is 5.41 Å². The Kier molecular flexibility index (Phi) is 6.41. The van der Waals surface area contributed by atoms with E-state index in [1.54, 1.807) is 0 Å². The number of fused-ring (bicyclic) bond motifs is 9. The standard InChI is InChI=1S/C49H34N2S/c1-49-29-12-11-24-47(49)52-48-40(19-13-20-41(48)49)37-18-7-10-23-44(37)51-43-22-9-6-17-36(43)39-28-26-33(31-46(39)51)32-25-27-38-35-16-5-8-21-42(35)50(45(38)30-32)34-14-3-2-4-15-34/h2-31,47H,1H3. The highest BCUT2D eigenvalue weighted by Crippen LogP contribution is 2.55. The third-order valence-corrected chi connectivity index (χ3v) is 13.0. The molecule has 2 aliphatic rings. The van der Waals surface area contributed by atoms with Crippen molar-refractivity contribution in [2.24, 2.45) is 0 Å². The van der Waals surface area contributed by atoms with E-state index in [-0.39, 0.29) is 5.41 Å². The van der Waals surface area contributed by atoms with Gasteiger partial charge in [-0.25, -0.2) is 0 Å². The third kappa shape index (κ3) is 4.20. The lowest BCUT2D eigenvalue weighted by molar-refractivity contribution is 0.620. The van der Waals surface area contributed by atoms with Crippen LogP contribution in [0.25, 0.3) is 77.2 Å². The first-order chi connectivity index (χ1) is 25.7. The van der Waals surface area contributed by atoms with Gasteiger partial charge in [0.15, 0.2) is 0 Å². The van der Waals surface area contributed by atoms with Crippen molar-refractivity contribution < 1.29 is 0 Å². The van der Waals surface area contributed by atoms with Gasteiger partial charge in [0.2, 0.25) is 0 Å². The minimum atomic E-state index is -0.00519. The Morgan fingerprint density at radius 3 is 1.85 bits per heavy atom. The molecule has 9 aromatic rings. The lowest BCUT2D eigenvalue weighted by atomic mass is 9.76. The van der Waals surface area contributed by atoms with E-state index in [0.717, 1.165) is 0 Å². The van der Waals surface area contributed by atoms with Crippen LogP contribution in [0.3, 0.4) is 0 Å². The maximum atomic E-state index is 2.50. The topological polar surface area (TPSA) is 9.86 Å². The van der Waals surface area contributed by atoms with Crippen molar-refractivity contribution in [3.05, 3.63) is 188 Å². The molecule has 1 aliphatic heterocycles. The van der Waals surface area contributed by atoms with E-state index in [9.17, 15) is 0 Å². The molecule has 0 radical (unpaired) electrons. The summed E-state index contributed by atoms with van der Waals surface area (Å²) in [6.07, 6.45) is 9.16. The second-order valence-electron chi connectivity index (χ2n) is 14.3. The Hall–Kier alpha value is -6.03. The normalized spacial score (nSPS) is 17.8. The lowest BCUT2D eigenvalue weighted by Crippen LogP contribution is -2.28. The average molecular weight is 683 g/mol. The van der Waals surface area contributed by atoms with Crippen LogP contribution in [-0.4, -0.2) is 14.4 Å². The second-order valence-corrected chi connectivity index (χ2v) is 15.4. The number of hydrogen-bond donors (Lipinski definition) is 0. The first-order valence-corrected chi connectivity index (χ1v) is 18.9. The Bertz CT molecular complexity index is 2960. The van der Waals surface area contributed by atoms with Crippen LogP contribution in [0.4, 0.5) is 0 Å². The summed E-state index contributed by atoms with van der Waals surface area (Å²) in [6.45, 7) is 2.39. The third-order valence-electron chi connectivity index (χ3n) is 11.4. The first-order valence-electron chi connectivity index (χ1n) is 18.1. The number of benzene rings is 7. The Labute approximate surface area is 307 Å². The summed E-state index contributed by atoms with van der Waals surface area (Å²) in [6, 6.07) is 58.2. The average Bonchev–Trinajstić information content (AvgIpc) is 3.82. The van der Waals surface area contributed by atoms with Gasteiger partial charge in [-0.2, -0.15) is 0 Å². The van der Waals surface area contributed by atoms with Crippen molar-refractivity contribution >= 4 is 55.4 Å². The summed E-state index contributed by atoms with van der Waals surface area (Å²) in [5, 5.41) is 5.45. The molecule has 2 aromatic heterocycles. The lowest BCUT2D eigenvalue weighted by Gasteiger charge is -2.28. The van der Waals surface area contributed by atoms with E-state index in [1.807, 2.05) is 11.8 Å². The molecular formula is C49H34N2S. The SMILES string of the molecule is CC12C=CC=CC1Sc1c(-c3ccccc3-n3c4ccccc4c4ccc(-c5ccc6c7ccccc7n(-c7ccccc7)c6c5)cc43)cccc12. The van der Waals surface area contributed by atoms with Gasteiger partial charge in [-0.3, -0.25) is 0 Å². The van der Waals surface area contributed by atoms with Gasteiger partial charge in [-0.15, -0.1) is 11.8 Å². The molecule has 1 aliphatic carbocycles. The van der Waals surface area contributed by atoms with Crippen molar-refractivity contribution in [2.45, 2.75) is 22.5 Å².